The summed E-state index contributed by atoms with van der Waals surface area (Å²) in [6, 6.07) is 21.3. The second kappa shape index (κ2) is 11.4. The number of rotatable bonds is 7. The zero-order valence-corrected chi connectivity index (χ0v) is 21.2. The van der Waals surface area contributed by atoms with Crippen molar-refractivity contribution >= 4 is 29.7 Å². The third-order valence-corrected chi connectivity index (χ3v) is 7.28. The molecule has 6 nitrogen and oxygen atoms in total. The molecule has 0 saturated carbocycles. The zero-order chi connectivity index (χ0) is 25.7. The number of esters is 3. The minimum atomic E-state index is -0.592. The number of carbonyl (C=O) groups excluding carboxylic acids is 3. The van der Waals surface area contributed by atoms with Gasteiger partial charge >= 0.3 is 17.9 Å². The van der Waals surface area contributed by atoms with Crippen molar-refractivity contribution in [2.45, 2.75) is 44.0 Å². The van der Waals surface area contributed by atoms with E-state index >= 15 is 0 Å². The maximum Gasteiger partial charge on any atom is 0.339 e. The fourth-order valence-corrected chi connectivity index (χ4v) is 5.05. The number of benzene rings is 3. The summed E-state index contributed by atoms with van der Waals surface area (Å²) in [6.45, 7) is 5.84. The van der Waals surface area contributed by atoms with Crippen LogP contribution in [0.15, 0.2) is 72.8 Å². The number of thioether (sulfide) groups is 1. The number of aryl methyl sites for hydroxylation is 3. The number of hydrogen-bond donors (Lipinski definition) is 0. The van der Waals surface area contributed by atoms with Crippen molar-refractivity contribution in [2.75, 3.05) is 6.61 Å². The molecule has 7 heteroatoms. The summed E-state index contributed by atoms with van der Waals surface area (Å²) in [7, 11) is 0. The smallest absolute Gasteiger partial charge is 0.339 e. The lowest BCUT2D eigenvalue weighted by Gasteiger charge is -2.19. The van der Waals surface area contributed by atoms with Crippen molar-refractivity contribution in [3.05, 3.63) is 106 Å². The van der Waals surface area contributed by atoms with Crippen molar-refractivity contribution < 1.29 is 28.6 Å². The largest absolute Gasteiger partial charge is 0.461 e. The van der Waals surface area contributed by atoms with E-state index in [1.807, 2.05) is 57.2 Å². The highest BCUT2D eigenvalue weighted by atomic mass is 32.2. The summed E-state index contributed by atoms with van der Waals surface area (Å²) in [5, 5.41) is -0.385. The number of carbonyl (C=O) groups is 3. The van der Waals surface area contributed by atoms with Gasteiger partial charge in [0.05, 0.1) is 21.9 Å². The Bertz CT molecular complexity index is 1220. The first-order valence-corrected chi connectivity index (χ1v) is 12.7. The first-order valence-electron chi connectivity index (χ1n) is 11.7. The van der Waals surface area contributed by atoms with Gasteiger partial charge in [0.15, 0.2) is 5.44 Å². The lowest BCUT2D eigenvalue weighted by atomic mass is 10.1. The molecule has 1 unspecified atom stereocenters. The minimum absolute atomic E-state index is 0.0157. The molecule has 0 spiro atoms. The minimum Gasteiger partial charge on any atom is -0.461 e. The molecule has 3 aromatic carbocycles. The first kappa shape index (κ1) is 25.5. The Kier molecular flexibility index (Phi) is 8.10. The van der Waals surface area contributed by atoms with Gasteiger partial charge in [0, 0.05) is 6.42 Å². The van der Waals surface area contributed by atoms with Gasteiger partial charge in [-0.25, -0.2) is 14.4 Å². The number of ether oxygens (including phenoxy) is 3. The molecular weight excluding hydrogens is 476 g/mol. The highest BCUT2D eigenvalue weighted by Crippen LogP contribution is 2.38. The third-order valence-electron chi connectivity index (χ3n) is 5.90. The van der Waals surface area contributed by atoms with E-state index < -0.39 is 29.4 Å². The Hall–Kier alpha value is -3.58. The van der Waals surface area contributed by atoms with Crippen molar-refractivity contribution in [1.82, 2.24) is 0 Å². The van der Waals surface area contributed by atoms with Gasteiger partial charge in [0.2, 0.25) is 0 Å². The monoisotopic (exact) mass is 504 g/mol. The second-order valence-corrected chi connectivity index (χ2v) is 10.3. The van der Waals surface area contributed by atoms with E-state index in [1.165, 1.54) is 11.8 Å². The van der Waals surface area contributed by atoms with E-state index in [4.69, 9.17) is 14.2 Å². The van der Waals surface area contributed by atoms with E-state index in [1.54, 1.807) is 36.4 Å². The van der Waals surface area contributed by atoms with Gasteiger partial charge in [-0.3, -0.25) is 0 Å². The highest BCUT2D eigenvalue weighted by molar-refractivity contribution is 8.00. The van der Waals surface area contributed by atoms with Crippen LogP contribution in [0.4, 0.5) is 0 Å². The molecule has 0 radical (unpaired) electrons. The maximum absolute atomic E-state index is 12.8. The van der Waals surface area contributed by atoms with Crippen LogP contribution in [0.3, 0.4) is 0 Å². The van der Waals surface area contributed by atoms with Crippen LogP contribution < -0.4 is 0 Å². The summed E-state index contributed by atoms with van der Waals surface area (Å²) in [4.78, 5) is 38.0. The average Bonchev–Trinajstić information content (AvgIpc) is 3.24. The first-order chi connectivity index (χ1) is 17.3. The quantitative estimate of drug-likeness (QED) is 0.302. The van der Waals surface area contributed by atoms with E-state index in [9.17, 15) is 14.4 Å². The molecule has 36 heavy (non-hydrogen) atoms. The molecule has 1 aliphatic heterocycles. The molecule has 186 valence electrons. The van der Waals surface area contributed by atoms with E-state index in [0.717, 1.165) is 16.7 Å². The van der Waals surface area contributed by atoms with Crippen LogP contribution in [0.1, 0.15) is 54.2 Å². The molecule has 0 aliphatic carbocycles. The highest BCUT2D eigenvalue weighted by Gasteiger charge is 2.41. The Morgan fingerprint density at radius 3 is 1.56 bits per heavy atom. The molecule has 1 fully saturated rings. The molecule has 3 atom stereocenters. The summed E-state index contributed by atoms with van der Waals surface area (Å²) < 4.78 is 17.0. The van der Waals surface area contributed by atoms with Crippen LogP contribution in [-0.4, -0.2) is 41.3 Å². The second-order valence-electron chi connectivity index (χ2n) is 8.89. The third kappa shape index (κ3) is 6.55. The van der Waals surface area contributed by atoms with Crippen LogP contribution in [0.2, 0.25) is 0 Å². The molecule has 0 bridgehead atoms. The van der Waals surface area contributed by atoms with Gasteiger partial charge in [-0.05, 0) is 57.2 Å². The van der Waals surface area contributed by atoms with Crippen LogP contribution >= 0.6 is 11.8 Å². The predicted molar refractivity (Wildman–Crippen MR) is 138 cm³/mol. The van der Waals surface area contributed by atoms with Gasteiger partial charge in [-0.1, -0.05) is 53.1 Å². The van der Waals surface area contributed by atoms with E-state index in [2.05, 4.69) is 0 Å². The van der Waals surface area contributed by atoms with Crippen molar-refractivity contribution in [3.63, 3.8) is 0 Å². The molecule has 1 heterocycles. The van der Waals surface area contributed by atoms with Gasteiger partial charge in [0.25, 0.3) is 0 Å². The molecule has 1 aliphatic rings. The van der Waals surface area contributed by atoms with Crippen LogP contribution in [0.25, 0.3) is 0 Å². The molecule has 4 rings (SSSR count). The normalized spacial score (nSPS) is 18.9. The van der Waals surface area contributed by atoms with Gasteiger partial charge in [-0.15, -0.1) is 11.8 Å². The molecule has 3 aromatic rings. The van der Waals surface area contributed by atoms with Gasteiger partial charge in [0.1, 0.15) is 12.7 Å². The fraction of sp³-hybridized carbons (Fsp3) is 0.276. The molecule has 0 amide bonds. The summed E-state index contributed by atoms with van der Waals surface area (Å²) >= 11 is 1.33. The van der Waals surface area contributed by atoms with Crippen LogP contribution in [0.5, 0.6) is 0 Å². The SMILES string of the molecule is Cc1ccc(C(=O)OC[C@@H]2SC(OC(=O)c3ccc(C)cc3)C[C@H]2OC(=O)c2ccc(C)cc2)cc1. The molecule has 0 N–H and O–H groups in total. The summed E-state index contributed by atoms with van der Waals surface area (Å²) in [6.07, 6.45) is -0.294. The van der Waals surface area contributed by atoms with Gasteiger partial charge in [-0.2, -0.15) is 0 Å². The lowest BCUT2D eigenvalue weighted by molar-refractivity contribution is 0.0136. The zero-order valence-electron chi connectivity index (χ0n) is 20.4. The van der Waals surface area contributed by atoms with E-state index in [0.29, 0.717) is 23.1 Å². The van der Waals surface area contributed by atoms with Crippen LogP contribution in [-0.2, 0) is 14.2 Å². The Labute approximate surface area is 215 Å². The standard InChI is InChI=1S/C29H28O6S/c1-18-4-10-21(11-5-18)27(30)33-17-25-24(34-28(31)22-12-6-19(2)7-13-22)16-26(36-25)35-29(32)23-14-8-20(3)9-15-23/h4-15,24-26H,16-17H2,1-3H3/t24-,25+,26?/m1/s1. The maximum atomic E-state index is 12.8. The Morgan fingerprint density at radius 2 is 1.08 bits per heavy atom. The topological polar surface area (TPSA) is 78.9 Å². The summed E-state index contributed by atoms with van der Waals surface area (Å²) in [5.74, 6) is -1.38. The van der Waals surface area contributed by atoms with Crippen molar-refractivity contribution in [3.8, 4) is 0 Å². The van der Waals surface area contributed by atoms with E-state index in [-0.39, 0.29) is 11.9 Å². The molecular formula is C29H28O6S. The average molecular weight is 505 g/mol. The van der Waals surface area contributed by atoms with Gasteiger partial charge < -0.3 is 14.2 Å². The molecule has 1 saturated heterocycles. The van der Waals surface area contributed by atoms with Crippen molar-refractivity contribution in [2.24, 2.45) is 0 Å². The summed E-state index contributed by atoms with van der Waals surface area (Å²) in [5.41, 5.74) is 3.90. The predicted octanol–water partition coefficient (Wildman–Crippen LogP) is 5.68. The number of hydrogen-bond acceptors (Lipinski definition) is 7. The van der Waals surface area contributed by atoms with Crippen LogP contribution in [0, 0.1) is 20.8 Å². The fourth-order valence-electron chi connectivity index (χ4n) is 3.73. The Morgan fingerprint density at radius 1 is 0.667 bits per heavy atom. The van der Waals surface area contributed by atoms with Crippen molar-refractivity contribution in [1.29, 1.82) is 0 Å². The molecule has 0 aromatic heterocycles. The lowest BCUT2D eigenvalue weighted by Crippen LogP contribution is -2.29. The Balaban J connectivity index is 1.43.